The molecule has 1 N–H and O–H groups in total. The van der Waals surface area contributed by atoms with Crippen molar-refractivity contribution in [3.8, 4) is 11.3 Å². The van der Waals surface area contributed by atoms with Crippen molar-refractivity contribution < 1.29 is 9.21 Å². The van der Waals surface area contributed by atoms with Crippen molar-refractivity contribution in [1.82, 2.24) is 0 Å². The fourth-order valence-electron chi connectivity index (χ4n) is 3.33. The average Bonchev–Trinajstić information content (AvgIpc) is 2.77. The van der Waals surface area contributed by atoms with Gasteiger partial charge in [0.05, 0.1) is 5.39 Å². The van der Waals surface area contributed by atoms with Gasteiger partial charge in [-0.3, -0.25) is 4.79 Å². The van der Waals surface area contributed by atoms with Crippen molar-refractivity contribution in [3.05, 3.63) is 113 Å². The first-order chi connectivity index (χ1) is 14.2. The zero-order valence-electron chi connectivity index (χ0n) is 15.7. The summed E-state index contributed by atoms with van der Waals surface area (Å²) in [5.41, 5.74) is 2.56. The van der Waals surface area contributed by atoms with Crippen LogP contribution in [0.5, 0.6) is 0 Å². The van der Waals surface area contributed by atoms with Crippen molar-refractivity contribution in [1.29, 1.82) is 0 Å². The molecule has 0 aliphatic carbocycles. The smallest absolute Gasteiger partial charge is 0.344 e. The summed E-state index contributed by atoms with van der Waals surface area (Å²) in [6, 6.07) is 23.7. The molecule has 0 spiro atoms. The Kier molecular flexibility index (Phi) is 5.08. The van der Waals surface area contributed by atoms with Gasteiger partial charge in [0.1, 0.15) is 5.76 Å². The number of amides is 1. The first kappa shape index (κ1) is 18.4. The van der Waals surface area contributed by atoms with Crippen LogP contribution in [-0.4, -0.2) is 5.91 Å². The Labute approximate surface area is 168 Å². The monoisotopic (exact) mass is 381 g/mol. The van der Waals surface area contributed by atoms with Gasteiger partial charge >= 0.3 is 5.63 Å². The van der Waals surface area contributed by atoms with Crippen molar-refractivity contribution >= 4 is 22.4 Å². The van der Waals surface area contributed by atoms with Crippen LogP contribution < -0.4 is 10.9 Å². The SMILES string of the molecule is C=CCc1c(-c2ccc(NC(=O)c3ccccc3)cc2)oc(=O)c2ccccc12. The maximum absolute atomic E-state index is 12.4. The van der Waals surface area contributed by atoms with E-state index >= 15 is 0 Å². The number of fused-ring (bicyclic) bond motifs is 1. The highest BCUT2D eigenvalue weighted by atomic mass is 16.4. The maximum atomic E-state index is 12.4. The third-order valence-electron chi connectivity index (χ3n) is 4.73. The number of anilines is 1. The summed E-state index contributed by atoms with van der Waals surface area (Å²) >= 11 is 0. The van der Waals surface area contributed by atoms with Gasteiger partial charge in [-0.05, 0) is 54.3 Å². The normalized spacial score (nSPS) is 10.6. The van der Waals surface area contributed by atoms with Gasteiger partial charge in [0.2, 0.25) is 0 Å². The minimum Gasteiger partial charge on any atom is -0.422 e. The fraction of sp³-hybridized carbons (Fsp3) is 0.0400. The van der Waals surface area contributed by atoms with Crippen molar-refractivity contribution in [2.24, 2.45) is 0 Å². The van der Waals surface area contributed by atoms with Crippen LogP contribution in [0.1, 0.15) is 15.9 Å². The van der Waals surface area contributed by atoms with Crippen LogP contribution in [0.2, 0.25) is 0 Å². The molecule has 4 heteroatoms. The van der Waals surface area contributed by atoms with E-state index in [9.17, 15) is 9.59 Å². The summed E-state index contributed by atoms with van der Waals surface area (Å²) < 4.78 is 5.66. The van der Waals surface area contributed by atoms with Crippen molar-refractivity contribution in [2.75, 3.05) is 5.32 Å². The van der Waals surface area contributed by atoms with E-state index in [2.05, 4.69) is 11.9 Å². The molecule has 1 amide bonds. The molecule has 3 aromatic carbocycles. The summed E-state index contributed by atoms with van der Waals surface area (Å²) in [6.07, 6.45) is 2.37. The molecular formula is C25H19NO3. The summed E-state index contributed by atoms with van der Waals surface area (Å²) in [5, 5.41) is 4.29. The van der Waals surface area contributed by atoms with Crippen molar-refractivity contribution in [2.45, 2.75) is 6.42 Å². The lowest BCUT2D eigenvalue weighted by Gasteiger charge is -2.11. The highest BCUT2D eigenvalue weighted by Gasteiger charge is 2.14. The zero-order valence-corrected chi connectivity index (χ0v) is 15.7. The molecule has 0 aliphatic rings. The molecular weight excluding hydrogens is 362 g/mol. The third-order valence-corrected chi connectivity index (χ3v) is 4.73. The third kappa shape index (κ3) is 3.73. The Morgan fingerprint density at radius 2 is 1.55 bits per heavy atom. The molecule has 29 heavy (non-hydrogen) atoms. The van der Waals surface area contributed by atoms with Gasteiger partial charge in [0.15, 0.2) is 0 Å². The number of carbonyl (C=O) groups excluding carboxylic acids is 1. The first-order valence-electron chi connectivity index (χ1n) is 9.30. The number of nitrogens with one attached hydrogen (secondary N) is 1. The van der Waals surface area contributed by atoms with Gasteiger partial charge in [-0.25, -0.2) is 4.79 Å². The molecule has 0 radical (unpaired) electrons. The van der Waals surface area contributed by atoms with E-state index in [1.54, 1.807) is 36.4 Å². The van der Waals surface area contributed by atoms with E-state index in [0.29, 0.717) is 28.8 Å². The van der Waals surface area contributed by atoms with Crippen molar-refractivity contribution in [3.63, 3.8) is 0 Å². The predicted octanol–water partition coefficient (Wildman–Crippen LogP) is 5.44. The quantitative estimate of drug-likeness (QED) is 0.468. The van der Waals surface area contributed by atoms with E-state index in [4.69, 9.17) is 4.42 Å². The molecule has 0 aliphatic heterocycles. The highest BCUT2D eigenvalue weighted by Crippen LogP contribution is 2.30. The molecule has 142 valence electrons. The number of hydrogen-bond donors (Lipinski definition) is 1. The Bertz CT molecular complexity index is 1240. The molecule has 4 nitrogen and oxygen atoms in total. The van der Waals surface area contributed by atoms with Gasteiger partial charge < -0.3 is 9.73 Å². The van der Waals surface area contributed by atoms with E-state index in [1.165, 1.54) is 0 Å². The first-order valence-corrected chi connectivity index (χ1v) is 9.30. The summed E-state index contributed by atoms with van der Waals surface area (Å²) in [6.45, 7) is 3.83. The molecule has 0 unspecified atom stereocenters. The molecule has 1 heterocycles. The number of rotatable bonds is 5. The molecule has 4 aromatic rings. The van der Waals surface area contributed by atoms with Gasteiger partial charge in [-0.15, -0.1) is 6.58 Å². The zero-order chi connectivity index (χ0) is 20.2. The molecule has 0 bridgehead atoms. The van der Waals surface area contributed by atoms with Crippen LogP contribution >= 0.6 is 0 Å². The summed E-state index contributed by atoms with van der Waals surface area (Å²) in [5.74, 6) is 0.345. The lowest BCUT2D eigenvalue weighted by Crippen LogP contribution is -2.11. The molecule has 1 aromatic heterocycles. The van der Waals surface area contributed by atoms with E-state index in [0.717, 1.165) is 16.5 Å². The Balaban J connectivity index is 1.70. The van der Waals surface area contributed by atoms with E-state index in [-0.39, 0.29) is 11.5 Å². The highest BCUT2D eigenvalue weighted by molar-refractivity contribution is 6.04. The molecule has 0 fully saturated rings. The second kappa shape index (κ2) is 7.98. The van der Waals surface area contributed by atoms with Gasteiger partial charge in [-0.1, -0.05) is 42.5 Å². The van der Waals surface area contributed by atoms with E-state index < -0.39 is 0 Å². The second-order valence-corrected chi connectivity index (χ2v) is 6.63. The van der Waals surface area contributed by atoms with E-state index in [1.807, 2.05) is 48.5 Å². The molecule has 0 saturated carbocycles. The number of allylic oxidation sites excluding steroid dienone is 1. The predicted molar refractivity (Wildman–Crippen MR) is 116 cm³/mol. The lowest BCUT2D eigenvalue weighted by molar-refractivity contribution is 0.102. The fourth-order valence-corrected chi connectivity index (χ4v) is 3.33. The van der Waals surface area contributed by atoms with Gasteiger partial charge in [-0.2, -0.15) is 0 Å². The summed E-state index contributed by atoms with van der Waals surface area (Å²) in [4.78, 5) is 24.8. The molecule has 4 rings (SSSR count). The van der Waals surface area contributed by atoms with Crippen LogP contribution in [0, 0.1) is 0 Å². The largest absolute Gasteiger partial charge is 0.422 e. The van der Waals surface area contributed by atoms with Crippen LogP contribution in [0.15, 0.2) is 101 Å². The lowest BCUT2D eigenvalue weighted by atomic mass is 9.99. The number of hydrogen-bond acceptors (Lipinski definition) is 3. The minimum atomic E-state index is -0.370. The van der Waals surface area contributed by atoms with Gasteiger partial charge in [0, 0.05) is 22.4 Å². The Hall–Kier alpha value is -3.92. The minimum absolute atomic E-state index is 0.178. The number of benzene rings is 3. The average molecular weight is 381 g/mol. The summed E-state index contributed by atoms with van der Waals surface area (Å²) in [7, 11) is 0. The van der Waals surface area contributed by atoms with Crippen LogP contribution in [-0.2, 0) is 6.42 Å². The Morgan fingerprint density at radius 3 is 2.24 bits per heavy atom. The molecule has 0 atom stereocenters. The standard InChI is InChI=1S/C25H19NO3/c1-2-8-21-20-11-6-7-12-22(20)25(28)29-23(21)17-13-15-19(16-14-17)26-24(27)18-9-4-3-5-10-18/h2-7,9-16H,1,8H2,(H,26,27). The second-order valence-electron chi connectivity index (χ2n) is 6.63. The maximum Gasteiger partial charge on any atom is 0.344 e. The van der Waals surface area contributed by atoms with Crippen LogP contribution in [0.4, 0.5) is 5.69 Å². The topological polar surface area (TPSA) is 59.3 Å². The van der Waals surface area contributed by atoms with Crippen LogP contribution in [0.3, 0.4) is 0 Å². The van der Waals surface area contributed by atoms with Gasteiger partial charge in [0.25, 0.3) is 5.91 Å². The molecule has 0 saturated heterocycles. The Morgan fingerprint density at radius 1 is 0.897 bits per heavy atom. The van der Waals surface area contributed by atoms with Crippen LogP contribution in [0.25, 0.3) is 22.1 Å². The number of carbonyl (C=O) groups is 1.